The summed E-state index contributed by atoms with van der Waals surface area (Å²) in [4.78, 5) is 13.3. The van der Waals surface area contributed by atoms with Gasteiger partial charge in [0.1, 0.15) is 12.6 Å². The number of nitrogens with one attached hydrogen (secondary N) is 2. The van der Waals surface area contributed by atoms with Gasteiger partial charge in [0.2, 0.25) is 10.0 Å². The zero-order valence-corrected chi connectivity index (χ0v) is 29.0. The third-order valence-corrected chi connectivity index (χ3v) is 9.49. The molecule has 42 heavy (non-hydrogen) atoms. The number of carbonyl (C=O) groups excluding carboxylic acids is 1. The lowest BCUT2D eigenvalue weighted by Gasteiger charge is -2.17. The topological polar surface area (TPSA) is 106 Å². The van der Waals surface area contributed by atoms with Crippen molar-refractivity contribution in [1.29, 1.82) is 0 Å². The summed E-state index contributed by atoms with van der Waals surface area (Å²) in [5, 5.41) is 4.10. The smallest absolute Gasteiger partial charge is 0.258 e. The molecule has 4 aromatic carbocycles. The van der Waals surface area contributed by atoms with Gasteiger partial charge in [0.05, 0.1) is 21.8 Å². The number of hydrogen-bond acceptors (Lipinski definition) is 6. The normalized spacial score (nSPS) is 12.2. The molecule has 0 bridgehead atoms. The van der Waals surface area contributed by atoms with Crippen LogP contribution in [0.25, 0.3) is 0 Å². The molecule has 0 saturated heterocycles. The van der Waals surface area contributed by atoms with E-state index in [0.717, 1.165) is 22.7 Å². The molecule has 0 aliphatic rings. The molecule has 0 aliphatic carbocycles. The van der Waals surface area contributed by atoms with Crippen molar-refractivity contribution in [2.75, 3.05) is 7.11 Å². The van der Waals surface area contributed by atoms with Crippen molar-refractivity contribution in [2.24, 2.45) is 5.10 Å². The lowest BCUT2D eigenvalue weighted by atomic mass is 10.1. The maximum atomic E-state index is 13.2. The Bertz CT molecular complexity index is 1650. The number of nitrogens with zero attached hydrogens (tertiary/aromatic N) is 1. The lowest BCUT2D eigenvalue weighted by Crippen LogP contribution is -2.46. The number of amides is 1. The fraction of sp³-hybridized carbons (Fsp3) is 0.133. The van der Waals surface area contributed by atoms with E-state index in [-0.39, 0.29) is 11.3 Å². The van der Waals surface area contributed by atoms with E-state index < -0.39 is 22.0 Å². The van der Waals surface area contributed by atoms with Gasteiger partial charge in [-0.15, -0.1) is 0 Å². The van der Waals surface area contributed by atoms with Crippen molar-refractivity contribution in [3.63, 3.8) is 0 Å². The van der Waals surface area contributed by atoms with Gasteiger partial charge in [0.15, 0.2) is 11.5 Å². The number of methoxy groups -OCH3 is 1. The van der Waals surface area contributed by atoms with Gasteiger partial charge in [0, 0.05) is 8.04 Å². The summed E-state index contributed by atoms with van der Waals surface area (Å²) < 4.78 is 43.0. The number of ether oxygens (including phenoxy) is 2. The van der Waals surface area contributed by atoms with E-state index in [1.54, 1.807) is 25.3 Å². The molecule has 0 aliphatic heterocycles. The Morgan fingerprint density at radius 2 is 1.67 bits per heavy atom. The Morgan fingerprint density at radius 1 is 0.976 bits per heavy atom. The van der Waals surface area contributed by atoms with Crippen LogP contribution in [0.4, 0.5) is 0 Å². The van der Waals surface area contributed by atoms with Gasteiger partial charge in [0.25, 0.3) is 5.91 Å². The van der Waals surface area contributed by atoms with E-state index in [4.69, 9.17) is 9.47 Å². The van der Waals surface area contributed by atoms with Crippen LogP contribution in [0, 0.1) is 7.14 Å². The molecular weight excluding hydrogens is 848 g/mol. The summed E-state index contributed by atoms with van der Waals surface area (Å²) in [6.45, 7) is 0.365. The predicted molar refractivity (Wildman–Crippen MR) is 183 cm³/mol. The van der Waals surface area contributed by atoms with E-state index in [2.05, 4.69) is 76.4 Å². The fourth-order valence-corrected chi connectivity index (χ4v) is 6.45. The first kappa shape index (κ1) is 32.4. The lowest BCUT2D eigenvalue weighted by molar-refractivity contribution is -0.122. The van der Waals surface area contributed by atoms with E-state index in [1.807, 2.05) is 60.7 Å². The van der Waals surface area contributed by atoms with Crippen molar-refractivity contribution in [2.45, 2.75) is 24.0 Å². The zero-order chi connectivity index (χ0) is 30.1. The van der Waals surface area contributed by atoms with Crippen LogP contribution in [-0.2, 0) is 27.8 Å². The summed E-state index contributed by atoms with van der Waals surface area (Å²) in [6, 6.07) is 25.9. The summed E-state index contributed by atoms with van der Waals surface area (Å²) in [6.07, 6.45) is 1.61. The standard InChI is InChI=1S/C30H26BrI2N3O5S/c1-40-28-17-22(15-26(33)29(28)41-19-21-7-9-23(31)10-8-21)18-34-35-30(37)27(16-20-5-3-2-4-6-20)36-42(38,39)25-13-11-24(32)12-14-25/h2-15,17-18,27,36H,16,19H2,1H3,(H,35,37)/b34-18-/t27-/m1/s1. The second kappa shape index (κ2) is 15.3. The molecule has 1 amide bonds. The fourth-order valence-electron chi connectivity index (χ4n) is 3.85. The number of hydrogen-bond donors (Lipinski definition) is 2. The summed E-state index contributed by atoms with van der Waals surface area (Å²) in [5.41, 5.74) is 4.94. The van der Waals surface area contributed by atoms with Crippen LogP contribution in [0.5, 0.6) is 11.5 Å². The molecule has 0 radical (unpaired) electrons. The Hall–Kier alpha value is -2.53. The van der Waals surface area contributed by atoms with Crippen molar-refractivity contribution in [1.82, 2.24) is 10.1 Å². The van der Waals surface area contributed by atoms with Gasteiger partial charge in [-0.05, 0) is 117 Å². The van der Waals surface area contributed by atoms with E-state index in [0.29, 0.717) is 23.7 Å². The molecule has 0 saturated carbocycles. The van der Waals surface area contributed by atoms with Gasteiger partial charge in [-0.3, -0.25) is 4.79 Å². The zero-order valence-electron chi connectivity index (χ0n) is 22.3. The molecule has 0 spiro atoms. The molecule has 1 atom stereocenters. The second-order valence-corrected chi connectivity index (χ2v) is 14.0. The SMILES string of the molecule is COc1cc(/C=N\NC(=O)[C@@H](Cc2ccccc2)NS(=O)(=O)c2ccc(I)cc2)cc(I)c1OCc1ccc(Br)cc1. The highest BCUT2D eigenvalue weighted by atomic mass is 127. The Balaban J connectivity index is 1.48. The van der Waals surface area contributed by atoms with E-state index in [9.17, 15) is 13.2 Å². The number of halogens is 3. The first-order valence-corrected chi connectivity index (χ1v) is 17.0. The number of rotatable bonds is 12. The maximum absolute atomic E-state index is 13.2. The predicted octanol–water partition coefficient (Wildman–Crippen LogP) is 6.29. The minimum Gasteiger partial charge on any atom is -0.493 e. The molecule has 4 rings (SSSR count). The molecule has 0 aromatic heterocycles. The van der Waals surface area contributed by atoms with Crippen LogP contribution in [0.15, 0.2) is 105 Å². The van der Waals surface area contributed by atoms with Gasteiger partial charge in [-0.25, -0.2) is 13.8 Å². The molecule has 8 nitrogen and oxygen atoms in total. The second-order valence-electron chi connectivity index (χ2n) is 9.00. The number of hydrazone groups is 1. The maximum Gasteiger partial charge on any atom is 0.258 e. The molecule has 4 aromatic rings. The van der Waals surface area contributed by atoms with Crippen LogP contribution in [0.2, 0.25) is 0 Å². The Labute approximate surface area is 280 Å². The highest BCUT2D eigenvalue weighted by Gasteiger charge is 2.26. The first-order chi connectivity index (χ1) is 20.1. The third-order valence-electron chi connectivity index (χ3n) is 5.96. The van der Waals surface area contributed by atoms with Crippen LogP contribution in [0.3, 0.4) is 0 Å². The minimum absolute atomic E-state index is 0.0707. The first-order valence-electron chi connectivity index (χ1n) is 12.5. The van der Waals surface area contributed by atoms with Gasteiger partial charge >= 0.3 is 0 Å². The highest BCUT2D eigenvalue weighted by molar-refractivity contribution is 14.1. The van der Waals surface area contributed by atoms with E-state index >= 15 is 0 Å². The van der Waals surface area contributed by atoms with Crippen LogP contribution >= 0.6 is 61.1 Å². The molecule has 218 valence electrons. The van der Waals surface area contributed by atoms with Crippen molar-refractivity contribution in [3.05, 3.63) is 119 Å². The Kier molecular flexibility index (Phi) is 11.8. The van der Waals surface area contributed by atoms with E-state index in [1.165, 1.54) is 18.3 Å². The number of carbonyl (C=O) groups is 1. The molecule has 2 N–H and O–H groups in total. The highest BCUT2D eigenvalue weighted by Crippen LogP contribution is 2.34. The number of sulfonamides is 1. The molecule has 0 unspecified atom stereocenters. The van der Waals surface area contributed by atoms with Crippen molar-refractivity contribution >= 4 is 83.3 Å². The molecule has 0 heterocycles. The monoisotopic (exact) mass is 873 g/mol. The summed E-state index contributed by atoms with van der Waals surface area (Å²) >= 11 is 7.68. The van der Waals surface area contributed by atoms with Gasteiger partial charge in [-0.2, -0.15) is 9.82 Å². The van der Waals surface area contributed by atoms with Crippen molar-refractivity contribution in [3.8, 4) is 11.5 Å². The van der Waals surface area contributed by atoms with Gasteiger partial charge < -0.3 is 9.47 Å². The quantitative estimate of drug-likeness (QED) is 0.0991. The number of benzene rings is 4. The molecule has 0 fully saturated rings. The average molecular weight is 874 g/mol. The minimum atomic E-state index is -3.97. The average Bonchev–Trinajstić information content (AvgIpc) is 2.97. The van der Waals surface area contributed by atoms with Gasteiger partial charge in [-0.1, -0.05) is 58.4 Å². The molecule has 12 heteroatoms. The summed E-state index contributed by atoms with van der Waals surface area (Å²) in [7, 11) is -2.42. The third kappa shape index (κ3) is 9.23. The van der Waals surface area contributed by atoms with Crippen LogP contribution < -0.4 is 19.6 Å². The van der Waals surface area contributed by atoms with Crippen LogP contribution in [-0.4, -0.2) is 33.7 Å². The Morgan fingerprint density at radius 3 is 2.33 bits per heavy atom. The summed E-state index contributed by atoms with van der Waals surface area (Å²) in [5.74, 6) is 0.509. The molecular formula is C30H26BrI2N3O5S. The van der Waals surface area contributed by atoms with Crippen LogP contribution in [0.1, 0.15) is 16.7 Å². The van der Waals surface area contributed by atoms with Crippen molar-refractivity contribution < 1.29 is 22.7 Å². The largest absolute Gasteiger partial charge is 0.493 e.